The number of hydrogen-bond donors (Lipinski definition) is 1. The summed E-state index contributed by atoms with van der Waals surface area (Å²) >= 11 is 3.29. The third kappa shape index (κ3) is 4.26. The molecule has 0 aromatic carbocycles. The fourth-order valence-electron chi connectivity index (χ4n) is 3.16. The van der Waals surface area contributed by atoms with Crippen molar-refractivity contribution in [1.82, 2.24) is 20.1 Å². The largest absolute Gasteiger partial charge is 0.355 e. The van der Waals surface area contributed by atoms with Gasteiger partial charge in [0.05, 0.1) is 10.6 Å². The van der Waals surface area contributed by atoms with E-state index >= 15 is 0 Å². The van der Waals surface area contributed by atoms with Gasteiger partial charge in [-0.2, -0.15) is 0 Å². The number of thiophene rings is 1. The number of nitrogens with one attached hydrogen (secondary N) is 1. The van der Waals surface area contributed by atoms with E-state index in [4.69, 9.17) is 0 Å². The van der Waals surface area contributed by atoms with Crippen molar-refractivity contribution in [3.05, 3.63) is 16.5 Å². The lowest BCUT2D eigenvalue weighted by molar-refractivity contribution is -0.118. The standard InChI is InChI=1S/C18H26N4OS2/c1-4-8-19-16(23)11-24-18-21-20-17(22(18)3)15-10-13-9-12(5-2)6-7-14(13)25-15/h10,12H,4-9,11H2,1-3H3,(H,19,23). The van der Waals surface area contributed by atoms with Gasteiger partial charge in [-0.15, -0.1) is 21.5 Å². The summed E-state index contributed by atoms with van der Waals surface area (Å²) in [6, 6.07) is 2.30. The van der Waals surface area contributed by atoms with Gasteiger partial charge in [-0.1, -0.05) is 32.0 Å². The van der Waals surface area contributed by atoms with Gasteiger partial charge in [0.15, 0.2) is 11.0 Å². The fraction of sp³-hybridized carbons (Fsp3) is 0.611. The number of rotatable bonds is 7. The maximum atomic E-state index is 11.8. The summed E-state index contributed by atoms with van der Waals surface area (Å²) in [6.07, 6.45) is 5.90. The zero-order valence-electron chi connectivity index (χ0n) is 15.2. The second-order valence-corrected chi connectivity index (χ2v) is 8.66. The minimum Gasteiger partial charge on any atom is -0.355 e. The van der Waals surface area contributed by atoms with Gasteiger partial charge in [0.2, 0.25) is 5.91 Å². The Morgan fingerprint density at radius 1 is 1.44 bits per heavy atom. The van der Waals surface area contributed by atoms with E-state index < -0.39 is 0 Å². The van der Waals surface area contributed by atoms with E-state index in [1.807, 2.05) is 29.9 Å². The molecule has 3 rings (SSSR count). The zero-order valence-corrected chi connectivity index (χ0v) is 16.8. The Hall–Kier alpha value is -1.34. The number of carbonyl (C=O) groups is 1. The molecular formula is C18H26N4OS2. The van der Waals surface area contributed by atoms with Crippen LogP contribution >= 0.6 is 23.1 Å². The molecule has 2 heterocycles. The molecule has 1 N–H and O–H groups in total. The predicted octanol–water partition coefficient (Wildman–Crippen LogP) is 3.68. The number of thioether (sulfide) groups is 1. The van der Waals surface area contributed by atoms with Crippen molar-refractivity contribution in [1.29, 1.82) is 0 Å². The van der Waals surface area contributed by atoms with Crippen LogP contribution in [0, 0.1) is 5.92 Å². The highest BCUT2D eigenvalue weighted by Gasteiger charge is 2.22. The monoisotopic (exact) mass is 378 g/mol. The lowest BCUT2D eigenvalue weighted by Gasteiger charge is -2.19. The number of aromatic nitrogens is 3. The first-order chi connectivity index (χ1) is 12.1. The van der Waals surface area contributed by atoms with Crippen LogP contribution in [0.1, 0.15) is 43.6 Å². The van der Waals surface area contributed by atoms with Gasteiger partial charge in [0.25, 0.3) is 0 Å². The summed E-state index contributed by atoms with van der Waals surface area (Å²) in [7, 11) is 1.98. The van der Waals surface area contributed by atoms with Gasteiger partial charge in [0, 0.05) is 18.5 Å². The maximum Gasteiger partial charge on any atom is 0.230 e. The third-order valence-corrected chi connectivity index (χ3v) is 6.98. The van der Waals surface area contributed by atoms with E-state index in [1.54, 1.807) is 0 Å². The van der Waals surface area contributed by atoms with Crippen LogP contribution in [0.25, 0.3) is 10.7 Å². The van der Waals surface area contributed by atoms with E-state index in [2.05, 4.69) is 28.5 Å². The van der Waals surface area contributed by atoms with Crippen LogP contribution in [0.2, 0.25) is 0 Å². The van der Waals surface area contributed by atoms with Crippen LogP contribution in [-0.4, -0.2) is 33.0 Å². The second-order valence-electron chi connectivity index (χ2n) is 6.58. The first kappa shape index (κ1) is 18.5. The van der Waals surface area contributed by atoms with Crippen LogP contribution < -0.4 is 5.32 Å². The minimum absolute atomic E-state index is 0.0496. The molecule has 0 saturated carbocycles. The average molecular weight is 379 g/mol. The first-order valence-electron chi connectivity index (χ1n) is 9.03. The Labute approximate surface area is 157 Å². The molecule has 1 unspecified atom stereocenters. The summed E-state index contributed by atoms with van der Waals surface area (Å²) in [5.41, 5.74) is 1.49. The molecule has 0 aliphatic heterocycles. The number of fused-ring (bicyclic) bond motifs is 1. The number of nitrogens with zero attached hydrogens (tertiary/aromatic N) is 3. The molecule has 7 heteroatoms. The summed E-state index contributed by atoms with van der Waals surface area (Å²) in [6.45, 7) is 5.06. The van der Waals surface area contributed by atoms with Crippen molar-refractivity contribution in [2.75, 3.05) is 12.3 Å². The summed E-state index contributed by atoms with van der Waals surface area (Å²) in [5, 5.41) is 12.3. The molecule has 2 aromatic rings. The van der Waals surface area contributed by atoms with E-state index in [1.165, 1.54) is 52.8 Å². The lowest BCUT2D eigenvalue weighted by Crippen LogP contribution is -2.25. The topological polar surface area (TPSA) is 59.8 Å². The first-order valence-corrected chi connectivity index (χ1v) is 10.8. The van der Waals surface area contributed by atoms with Crippen molar-refractivity contribution in [3.8, 4) is 10.7 Å². The van der Waals surface area contributed by atoms with Gasteiger partial charge in [-0.25, -0.2) is 0 Å². The van der Waals surface area contributed by atoms with Gasteiger partial charge in [0.1, 0.15) is 0 Å². The highest BCUT2D eigenvalue weighted by atomic mass is 32.2. The van der Waals surface area contributed by atoms with Crippen LogP contribution in [-0.2, 0) is 24.7 Å². The molecule has 1 aliphatic carbocycles. The van der Waals surface area contributed by atoms with Gasteiger partial charge in [-0.05, 0) is 43.2 Å². The maximum absolute atomic E-state index is 11.8. The smallest absolute Gasteiger partial charge is 0.230 e. The van der Waals surface area contributed by atoms with Crippen molar-refractivity contribution >= 4 is 29.0 Å². The molecule has 0 fully saturated rings. The number of carbonyl (C=O) groups excluding carboxylic acids is 1. The second kappa shape index (κ2) is 8.36. The Bertz CT molecular complexity index is 738. The van der Waals surface area contributed by atoms with Crippen LogP contribution in [0.3, 0.4) is 0 Å². The Morgan fingerprint density at radius 3 is 3.04 bits per heavy atom. The molecule has 0 bridgehead atoms. The molecular weight excluding hydrogens is 352 g/mol. The molecule has 2 aromatic heterocycles. The van der Waals surface area contributed by atoms with Crippen molar-refractivity contribution in [3.63, 3.8) is 0 Å². The highest BCUT2D eigenvalue weighted by Crippen LogP contribution is 2.37. The molecule has 1 aliphatic rings. The summed E-state index contributed by atoms with van der Waals surface area (Å²) < 4.78 is 2.01. The van der Waals surface area contributed by atoms with Crippen molar-refractivity contribution in [2.45, 2.75) is 51.1 Å². The third-order valence-electron chi connectivity index (χ3n) is 4.72. The molecule has 25 heavy (non-hydrogen) atoms. The molecule has 1 amide bonds. The van der Waals surface area contributed by atoms with E-state index in [0.717, 1.165) is 29.9 Å². The molecule has 0 radical (unpaired) electrons. The van der Waals surface area contributed by atoms with Crippen LogP contribution in [0.15, 0.2) is 11.2 Å². The van der Waals surface area contributed by atoms with Gasteiger partial charge >= 0.3 is 0 Å². The predicted molar refractivity (Wildman–Crippen MR) is 104 cm³/mol. The van der Waals surface area contributed by atoms with Crippen LogP contribution in [0.5, 0.6) is 0 Å². The number of amides is 1. The van der Waals surface area contributed by atoms with Crippen molar-refractivity contribution in [2.24, 2.45) is 13.0 Å². The normalized spacial score (nSPS) is 16.7. The van der Waals surface area contributed by atoms with E-state index in [-0.39, 0.29) is 5.91 Å². The van der Waals surface area contributed by atoms with E-state index in [0.29, 0.717) is 5.75 Å². The zero-order chi connectivity index (χ0) is 17.8. The van der Waals surface area contributed by atoms with Crippen molar-refractivity contribution < 1.29 is 4.79 Å². The Morgan fingerprint density at radius 2 is 2.28 bits per heavy atom. The highest BCUT2D eigenvalue weighted by molar-refractivity contribution is 7.99. The molecule has 5 nitrogen and oxygen atoms in total. The van der Waals surface area contributed by atoms with Gasteiger partial charge < -0.3 is 9.88 Å². The molecule has 136 valence electrons. The quantitative estimate of drug-likeness (QED) is 0.747. The van der Waals surface area contributed by atoms with Gasteiger partial charge in [-0.3, -0.25) is 4.79 Å². The number of hydrogen-bond acceptors (Lipinski definition) is 5. The average Bonchev–Trinajstić information content (AvgIpc) is 3.20. The Balaban J connectivity index is 1.69. The fourth-order valence-corrected chi connectivity index (χ4v) is 5.13. The van der Waals surface area contributed by atoms with E-state index in [9.17, 15) is 4.79 Å². The van der Waals surface area contributed by atoms with Crippen LogP contribution in [0.4, 0.5) is 0 Å². The molecule has 0 spiro atoms. The Kier molecular flexibility index (Phi) is 6.17. The SMILES string of the molecule is CCCNC(=O)CSc1nnc(-c2cc3c(s2)CCC(CC)C3)n1C. The summed E-state index contributed by atoms with van der Waals surface area (Å²) in [4.78, 5) is 14.5. The molecule has 0 saturated heterocycles. The lowest BCUT2D eigenvalue weighted by atomic mass is 9.87. The molecule has 1 atom stereocenters. The minimum atomic E-state index is 0.0496. The number of aryl methyl sites for hydroxylation is 1. The summed E-state index contributed by atoms with van der Waals surface area (Å²) in [5.74, 6) is 2.16.